The van der Waals surface area contributed by atoms with Crippen LogP contribution in [-0.2, 0) is 22.4 Å². The van der Waals surface area contributed by atoms with Crippen LogP contribution in [-0.4, -0.2) is 50.3 Å². The molecule has 4 aromatic carbocycles. The van der Waals surface area contributed by atoms with Crippen molar-refractivity contribution >= 4 is 57.7 Å². The van der Waals surface area contributed by atoms with Gasteiger partial charge in [0.1, 0.15) is 0 Å². The molecule has 0 bridgehead atoms. The fourth-order valence-corrected chi connectivity index (χ4v) is 6.56. The van der Waals surface area contributed by atoms with Crippen molar-refractivity contribution in [2.24, 2.45) is 0 Å². The van der Waals surface area contributed by atoms with Crippen molar-refractivity contribution in [2.45, 2.75) is 22.6 Å². The third-order valence-corrected chi connectivity index (χ3v) is 9.27. The summed E-state index contributed by atoms with van der Waals surface area (Å²) in [5, 5.41) is 17.6. The van der Waals surface area contributed by atoms with Crippen LogP contribution >= 0.6 is 11.8 Å². The third-order valence-electron chi connectivity index (χ3n) is 8.16. The van der Waals surface area contributed by atoms with Crippen LogP contribution in [0, 0.1) is 0 Å². The van der Waals surface area contributed by atoms with Gasteiger partial charge in [0.25, 0.3) is 0 Å². The van der Waals surface area contributed by atoms with E-state index in [-0.39, 0.29) is 24.7 Å². The van der Waals surface area contributed by atoms with Gasteiger partial charge in [-0.3, -0.25) is 9.59 Å². The van der Waals surface area contributed by atoms with Gasteiger partial charge < -0.3 is 34.8 Å². The first-order chi connectivity index (χ1) is 24.2. The van der Waals surface area contributed by atoms with E-state index in [0.29, 0.717) is 34.3 Å². The molecule has 0 radical (unpaired) electrons. The van der Waals surface area contributed by atoms with E-state index in [1.807, 2.05) is 123 Å². The average Bonchev–Trinajstić information content (AvgIpc) is 3.77. The van der Waals surface area contributed by atoms with Gasteiger partial charge in [-0.1, -0.05) is 22.1 Å². The lowest BCUT2D eigenvalue weighted by Crippen LogP contribution is -2.15. The first-order valence-electron chi connectivity index (χ1n) is 16.0. The molecule has 0 aliphatic carbocycles. The second-order valence-electron chi connectivity index (χ2n) is 12.3. The zero-order valence-corrected chi connectivity index (χ0v) is 28.8. The highest BCUT2D eigenvalue weighted by atomic mass is 32.2. The van der Waals surface area contributed by atoms with E-state index in [1.54, 1.807) is 23.9 Å². The molecule has 252 valence electrons. The Morgan fingerprint density at radius 3 is 1.44 bits per heavy atom. The standard InChI is InChI=1S/C38H35N7O4S/c1-44(2)29-11-5-23(6-12-29)33-17-27(42-48-33)21-37(46)39-25-9-15-31-35(19-25)50-36-20-26(10-16-32(36)41-31)40-38(47)22-28-18-34(49-43-28)24-7-13-30(14-8-24)45(3)4/h5-20,41H,21-22H2,1-4H3,(H,39,46)(H,40,47). The highest BCUT2D eigenvalue weighted by molar-refractivity contribution is 7.99. The van der Waals surface area contributed by atoms with Gasteiger partial charge in [0.05, 0.1) is 35.6 Å². The SMILES string of the molecule is CN(C)c1ccc(-c2cc(CC(=O)Nc3ccc4c(c3)Sc3cc(NC(=O)Cc5cc(-c6ccc(N(C)C)cc6)on5)ccc3N4)no2)cc1. The number of carbonyl (C=O) groups excluding carboxylic acids is 2. The maximum atomic E-state index is 12.9. The Labute approximate surface area is 293 Å². The van der Waals surface area contributed by atoms with Crippen molar-refractivity contribution in [3.05, 3.63) is 108 Å². The molecule has 12 heteroatoms. The summed E-state index contributed by atoms with van der Waals surface area (Å²) in [6, 6.07) is 30.9. The number of amides is 2. The van der Waals surface area contributed by atoms with Crippen molar-refractivity contribution in [1.82, 2.24) is 10.3 Å². The molecule has 2 amide bonds. The van der Waals surface area contributed by atoms with Gasteiger partial charge in [-0.25, -0.2) is 0 Å². The van der Waals surface area contributed by atoms with Gasteiger partial charge in [-0.15, -0.1) is 0 Å². The van der Waals surface area contributed by atoms with E-state index in [4.69, 9.17) is 9.05 Å². The van der Waals surface area contributed by atoms with Crippen molar-refractivity contribution in [1.29, 1.82) is 0 Å². The molecule has 0 spiro atoms. The molecule has 50 heavy (non-hydrogen) atoms. The molecule has 3 heterocycles. The Bertz CT molecular complexity index is 2020. The Morgan fingerprint density at radius 1 is 0.620 bits per heavy atom. The highest BCUT2D eigenvalue weighted by Gasteiger charge is 2.19. The minimum atomic E-state index is -0.201. The van der Waals surface area contributed by atoms with E-state index in [0.717, 1.165) is 43.7 Å². The maximum absolute atomic E-state index is 12.9. The van der Waals surface area contributed by atoms with Crippen molar-refractivity contribution in [3.8, 4) is 22.6 Å². The molecular formula is C38H35N7O4S. The molecular weight excluding hydrogens is 651 g/mol. The van der Waals surface area contributed by atoms with Gasteiger partial charge in [0, 0.05) is 84.0 Å². The number of rotatable bonds is 10. The van der Waals surface area contributed by atoms with Crippen LogP contribution < -0.4 is 25.8 Å². The number of carbonyl (C=O) groups is 2. The molecule has 0 saturated heterocycles. The van der Waals surface area contributed by atoms with Crippen molar-refractivity contribution in [2.75, 3.05) is 53.9 Å². The molecule has 1 aliphatic heterocycles. The molecule has 0 unspecified atom stereocenters. The monoisotopic (exact) mass is 685 g/mol. The summed E-state index contributed by atoms with van der Waals surface area (Å²) in [6.45, 7) is 0. The van der Waals surface area contributed by atoms with Crippen LogP contribution in [0.2, 0.25) is 0 Å². The quantitative estimate of drug-likeness (QED) is 0.132. The normalized spacial score (nSPS) is 11.6. The topological polar surface area (TPSA) is 129 Å². The molecule has 6 aromatic rings. The number of fused-ring (bicyclic) bond motifs is 2. The summed E-state index contributed by atoms with van der Waals surface area (Å²) in [7, 11) is 7.94. The molecule has 7 rings (SSSR count). The lowest BCUT2D eigenvalue weighted by atomic mass is 10.1. The first-order valence-corrected chi connectivity index (χ1v) is 16.8. The fraction of sp³-hybridized carbons (Fsp3) is 0.158. The van der Waals surface area contributed by atoms with Gasteiger partial charge in [-0.2, -0.15) is 0 Å². The predicted molar refractivity (Wildman–Crippen MR) is 197 cm³/mol. The van der Waals surface area contributed by atoms with Crippen LogP contribution in [0.3, 0.4) is 0 Å². The molecule has 3 N–H and O–H groups in total. The van der Waals surface area contributed by atoms with E-state index < -0.39 is 0 Å². The second-order valence-corrected chi connectivity index (χ2v) is 13.4. The van der Waals surface area contributed by atoms with E-state index >= 15 is 0 Å². The molecule has 2 aromatic heterocycles. The summed E-state index contributed by atoms with van der Waals surface area (Å²) >= 11 is 1.55. The number of hydrogen-bond acceptors (Lipinski definition) is 10. The Morgan fingerprint density at radius 2 is 1.04 bits per heavy atom. The van der Waals surface area contributed by atoms with Gasteiger partial charge in [-0.05, 0) is 84.9 Å². The van der Waals surface area contributed by atoms with Gasteiger partial charge in [0.15, 0.2) is 11.5 Å². The molecule has 0 saturated carbocycles. The highest BCUT2D eigenvalue weighted by Crippen LogP contribution is 2.46. The van der Waals surface area contributed by atoms with E-state index in [1.165, 1.54) is 0 Å². The number of benzene rings is 4. The van der Waals surface area contributed by atoms with Crippen LogP contribution in [0.1, 0.15) is 11.4 Å². The van der Waals surface area contributed by atoms with E-state index in [9.17, 15) is 9.59 Å². The Hall–Kier alpha value is -6.01. The molecule has 11 nitrogen and oxygen atoms in total. The second kappa shape index (κ2) is 13.8. The summed E-state index contributed by atoms with van der Waals surface area (Å²) in [4.78, 5) is 31.8. The first kappa shape index (κ1) is 32.5. The lowest BCUT2D eigenvalue weighted by Gasteiger charge is -2.22. The third kappa shape index (κ3) is 7.35. The van der Waals surface area contributed by atoms with Crippen LogP contribution in [0.25, 0.3) is 22.6 Å². The predicted octanol–water partition coefficient (Wildman–Crippen LogP) is 7.70. The lowest BCUT2D eigenvalue weighted by molar-refractivity contribution is -0.116. The van der Waals surface area contributed by atoms with Gasteiger partial charge >= 0.3 is 0 Å². The number of anilines is 6. The minimum Gasteiger partial charge on any atom is -0.378 e. The smallest absolute Gasteiger partial charge is 0.230 e. The average molecular weight is 686 g/mol. The van der Waals surface area contributed by atoms with E-state index in [2.05, 4.69) is 26.3 Å². The Kier molecular flexibility index (Phi) is 9.01. The Balaban J connectivity index is 0.948. The molecule has 1 aliphatic rings. The largest absolute Gasteiger partial charge is 0.378 e. The number of hydrogen-bond donors (Lipinski definition) is 3. The molecule has 0 atom stereocenters. The molecule has 0 fully saturated rings. The zero-order valence-electron chi connectivity index (χ0n) is 28.0. The summed E-state index contributed by atoms with van der Waals surface area (Å²) in [5.41, 5.74) is 8.23. The number of nitrogens with zero attached hydrogens (tertiary/aromatic N) is 4. The number of nitrogens with one attached hydrogen (secondary N) is 3. The summed E-state index contributed by atoms with van der Waals surface area (Å²) < 4.78 is 11.0. The summed E-state index contributed by atoms with van der Waals surface area (Å²) in [6.07, 6.45) is 0.153. The van der Waals surface area contributed by atoms with Crippen molar-refractivity contribution in [3.63, 3.8) is 0 Å². The van der Waals surface area contributed by atoms with Gasteiger partial charge in [0.2, 0.25) is 11.8 Å². The van der Waals surface area contributed by atoms with Crippen molar-refractivity contribution < 1.29 is 18.6 Å². The number of aromatic nitrogens is 2. The van der Waals surface area contributed by atoms with Crippen LogP contribution in [0.5, 0.6) is 0 Å². The maximum Gasteiger partial charge on any atom is 0.230 e. The fourth-order valence-electron chi connectivity index (χ4n) is 5.49. The minimum absolute atomic E-state index is 0.0766. The zero-order chi connectivity index (χ0) is 34.8. The van der Waals surface area contributed by atoms with Crippen LogP contribution in [0.15, 0.2) is 116 Å². The van der Waals surface area contributed by atoms with Crippen LogP contribution in [0.4, 0.5) is 34.1 Å². The summed E-state index contributed by atoms with van der Waals surface area (Å²) in [5.74, 6) is 0.817.